The van der Waals surface area contributed by atoms with Crippen LogP contribution in [0.4, 0.5) is 5.82 Å². The molecule has 0 unspecified atom stereocenters. The highest BCUT2D eigenvalue weighted by molar-refractivity contribution is 5.66. The summed E-state index contributed by atoms with van der Waals surface area (Å²) in [6.07, 6.45) is 5.38. The number of anilines is 1. The van der Waals surface area contributed by atoms with Gasteiger partial charge in [0.05, 0.1) is 6.20 Å². The summed E-state index contributed by atoms with van der Waals surface area (Å²) in [6.45, 7) is 5.17. The van der Waals surface area contributed by atoms with E-state index in [0.717, 1.165) is 17.9 Å². The van der Waals surface area contributed by atoms with Crippen LogP contribution < -0.4 is 5.32 Å². The molecule has 0 fully saturated rings. The molecule has 0 radical (unpaired) electrons. The molecule has 2 aromatic heterocycles. The van der Waals surface area contributed by atoms with Crippen molar-refractivity contribution in [2.45, 2.75) is 26.3 Å². The molecule has 20 heavy (non-hydrogen) atoms. The second kappa shape index (κ2) is 5.33. The molecule has 4 nitrogen and oxygen atoms in total. The van der Waals surface area contributed by atoms with E-state index in [1.165, 1.54) is 11.1 Å². The van der Waals surface area contributed by atoms with Crippen molar-refractivity contribution in [2.75, 3.05) is 5.32 Å². The van der Waals surface area contributed by atoms with E-state index in [4.69, 9.17) is 0 Å². The molecule has 1 aromatic carbocycles. The Labute approximate surface area is 118 Å². The van der Waals surface area contributed by atoms with Crippen molar-refractivity contribution in [3.05, 3.63) is 60.0 Å². The predicted molar refractivity (Wildman–Crippen MR) is 80.8 cm³/mol. The monoisotopic (exact) mass is 266 g/mol. The lowest BCUT2D eigenvalue weighted by Crippen LogP contribution is -2.03. The van der Waals surface area contributed by atoms with Crippen LogP contribution in [0.2, 0.25) is 0 Å². The molecule has 0 saturated carbocycles. The molecule has 0 amide bonds. The van der Waals surface area contributed by atoms with Crippen molar-refractivity contribution in [1.29, 1.82) is 0 Å². The summed E-state index contributed by atoms with van der Waals surface area (Å²) in [5.41, 5.74) is 3.61. The number of aromatic nitrogens is 3. The van der Waals surface area contributed by atoms with Crippen LogP contribution in [0.3, 0.4) is 0 Å². The number of benzene rings is 1. The second-order valence-corrected chi connectivity index (χ2v) is 5.19. The van der Waals surface area contributed by atoms with Crippen LogP contribution in [0.5, 0.6) is 0 Å². The van der Waals surface area contributed by atoms with Crippen molar-refractivity contribution in [3.8, 4) is 0 Å². The van der Waals surface area contributed by atoms with Crippen LogP contribution >= 0.6 is 0 Å². The molecule has 3 rings (SSSR count). The zero-order valence-electron chi connectivity index (χ0n) is 11.7. The molecule has 0 spiro atoms. The Morgan fingerprint density at radius 2 is 1.90 bits per heavy atom. The van der Waals surface area contributed by atoms with Crippen molar-refractivity contribution in [1.82, 2.24) is 14.6 Å². The molecule has 0 aliphatic rings. The quantitative estimate of drug-likeness (QED) is 0.786. The Morgan fingerprint density at radius 3 is 2.65 bits per heavy atom. The lowest BCUT2D eigenvalue weighted by molar-refractivity contribution is 0.865. The third-order valence-electron chi connectivity index (χ3n) is 3.43. The van der Waals surface area contributed by atoms with Crippen LogP contribution in [0.25, 0.3) is 5.52 Å². The summed E-state index contributed by atoms with van der Waals surface area (Å²) in [7, 11) is 0. The third kappa shape index (κ3) is 2.50. The van der Waals surface area contributed by atoms with Crippen LogP contribution in [-0.4, -0.2) is 14.6 Å². The zero-order chi connectivity index (χ0) is 13.9. The van der Waals surface area contributed by atoms with Crippen LogP contribution in [0.1, 0.15) is 30.9 Å². The minimum absolute atomic E-state index is 0.569. The highest BCUT2D eigenvalue weighted by Gasteiger charge is 2.03. The predicted octanol–water partition coefficient (Wildman–Crippen LogP) is 3.46. The first kappa shape index (κ1) is 12.7. The number of hydrogen-bond donors (Lipinski definition) is 1. The van der Waals surface area contributed by atoms with Gasteiger partial charge in [0.1, 0.15) is 5.52 Å². The second-order valence-electron chi connectivity index (χ2n) is 5.19. The molecule has 102 valence electrons. The fourth-order valence-corrected chi connectivity index (χ4v) is 2.20. The first-order valence-corrected chi connectivity index (χ1v) is 6.85. The van der Waals surface area contributed by atoms with Gasteiger partial charge in [-0.05, 0) is 23.1 Å². The minimum atomic E-state index is 0.569. The number of fused-ring (bicyclic) bond motifs is 1. The third-order valence-corrected chi connectivity index (χ3v) is 3.43. The highest BCUT2D eigenvalue weighted by Crippen LogP contribution is 2.17. The maximum absolute atomic E-state index is 4.37. The normalized spacial score (nSPS) is 11.2. The fraction of sp³-hybridized carbons (Fsp3) is 0.250. The van der Waals surface area contributed by atoms with Gasteiger partial charge in [0.15, 0.2) is 5.82 Å². The summed E-state index contributed by atoms with van der Waals surface area (Å²) in [6, 6.07) is 10.7. The van der Waals surface area contributed by atoms with Gasteiger partial charge in [-0.15, -0.1) is 0 Å². The molecule has 3 aromatic rings. The Kier molecular flexibility index (Phi) is 3.37. The smallest absolute Gasteiger partial charge is 0.152 e. The molecule has 2 heterocycles. The molecule has 1 N–H and O–H groups in total. The molecular formula is C16H18N4. The molecular weight excluding hydrogens is 248 g/mol. The van der Waals surface area contributed by atoms with Crippen LogP contribution in [-0.2, 0) is 6.54 Å². The van der Waals surface area contributed by atoms with Crippen molar-refractivity contribution in [2.24, 2.45) is 0 Å². The Balaban J connectivity index is 1.74. The fourth-order valence-electron chi connectivity index (χ4n) is 2.20. The lowest BCUT2D eigenvalue weighted by atomic mass is 10.0. The van der Waals surface area contributed by atoms with Crippen LogP contribution in [0.15, 0.2) is 48.9 Å². The van der Waals surface area contributed by atoms with Crippen molar-refractivity contribution < 1.29 is 0 Å². The SMILES string of the molecule is CC(C)c1ccc(CNc2nccn3nccc23)cc1. The van der Waals surface area contributed by atoms with E-state index in [-0.39, 0.29) is 0 Å². The lowest BCUT2D eigenvalue weighted by Gasteiger charge is -2.09. The first-order chi connectivity index (χ1) is 9.74. The van der Waals surface area contributed by atoms with E-state index in [2.05, 4.69) is 53.5 Å². The number of nitrogens with one attached hydrogen (secondary N) is 1. The number of rotatable bonds is 4. The van der Waals surface area contributed by atoms with E-state index in [1.807, 2.05) is 16.8 Å². The zero-order valence-corrected chi connectivity index (χ0v) is 11.7. The van der Waals surface area contributed by atoms with Gasteiger partial charge in [0, 0.05) is 18.9 Å². The van der Waals surface area contributed by atoms with Gasteiger partial charge in [0.25, 0.3) is 0 Å². The minimum Gasteiger partial charge on any atom is -0.364 e. The van der Waals surface area contributed by atoms with E-state index < -0.39 is 0 Å². The van der Waals surface area contributed by atoms with E-state index in [9.17, 15) is 0 Å². The topological polar surface area (TPSA) is 42.2 Å². The molecule has 0 atom stereocenters. The summed E-state index contributed by atoms with van der Waals surface area (Å²) >= 11 is 0. The van der Waals surface area contributed by atoms with E-state index >= 15 is 0 Å². The van der Waals surface area contributed by atoms with Crippen molar-refractivity contribution in [3.63, 3.8) is 0 Å². The van der Waals surface area contributed by atoms with Gasteiger partial charge in [-0.1, -0.05) is 38.1 Å². The van der Waals surface area contributed by atoms with Gasteiger partial charge in [-0.25, -0.2) is 9.50 Å². The summed E-state index contributed by atoms with van der Waals surface area (Å²) < 4.78 is 1.82. The van der Waals surface area contributed by atoms with E-state index in [0.29, 0.717) is 5.92 Å². The number of hydrogen-bond acceptors (Lipinski definition) is 3. The van der Waals surface area contributed by atoms with E-state index in [1.54, 1.807) is 12.4 Å². The van der Waals surface area contributed by atoms with Gasteiger partial charge < -0.3 is 5.32 Å². The average molecular weight is 266 g/mol. The molecule has 0 bridgehead atoms. The van der Waals surface area contributed by atoms with Gasteiger partial charge >= 0.3 is 0 Å². The largest absolute Gasteiger partial charge is 0.364 e. The highest BCUT2D eigenvalue weighted by atomic mass is 15.2. The maximum Gasteiger partial charge on any atom is 0.152 e. The number of nitrogens with zero attached hydrogens (tertiary/aromatic N) is 3. The molecule has 0 saturated heterocycles. The van der Waals surface area contributed by atoms with Gasteiger partial charge in [0.2, 0.25) is 0 Å². The molecule has 0 aliphatic carbocycles. The summed E-state index contributed by atoms with van der Waals surface area (Å²) in [5.74, 6) is 1.43. The molecule has 4 heteroatoms. The summed E-state index contributed by atoms with van der Waals surface area (Å²) in [4.78, 5) is 4.37. The Morgan fingerprint density at radius 1 is 1.10 bits per heavy atom. The maximum atomic E-state index is 4.37. The van der Waals surface area contributed by atoms with Crippen LogP contribution in [0, 0.1) is 0 Å². The average Bonchev–Trinajstić information content (AvgIpc) is 2.94. The van der Waals surface area contributed by atoms with Gasteiger partial charge in [-0.3, -0.25) is 0 Å². The van der Waals surface area contributed by atoms with Crippen molar-refractivity contribution >= 4 is 11.3 Å². The van der Waals surface area contributed by atoms with Gasteiger partial charge in [-0.2, -0.15) is 5.10 Å². The standard InChI is InChI=1S/C16H18N4/c1-12(2)14-5-3-13(4-6-14)11-18-16-15-7-8-19-20(15)10-9-17-16/h3-10,12H,11H2,1-2H3,(H,17,18). The first-order valence-electron chi connectivity index (χ1n) is 6.85. The molecule has 0 aliphatic heterocycles. The Bertz CT molecular complexity index is 698. The summed E-state index contributed by atoms with van der Waals surface area (Å²) in [5, 5.41) is 7.57. The Hall–Kier alpha value is -2.36.